The highest BCUT2D eigenvalue weighted by Crippen LogP contribution is 2.25. The van der Waals surface area contributed by atoms with E-state index < -0.39 is 0 Å². The van der Waals surface area contributed by atoms with Gasteiger partial charge in [0.1, 0.15) is 0 Å². The Morgan fingerprint density at radius 1 is 1.25 bits per heavy atom. The summed E-state index contributed by atoms with van der Waals surface area (Å²) in [6, 6.07) is 8.75. The monoisotopic (exact) mass is 444 g/mol. The molecule has 1 aromatic rings. The highest BCUT2D eigenvalue weighted by molar-refractivity contribution is 14.0. The van der Waals surface area contributed by atoms with Crippen LogP contribution in [0, 0.1) is 12.3 Å². The van der Waals surface area contributed by atoms with Gasteiger partial charge in [0, 0.05) is 50.9 Å². The Hall–Kier alpha value is -1.02. The molecule has 2 fully saturated rings. The van der Waals surface area contributed by atoms with Crippen molar-refractivity contribution < 1.29 is 4.74 Å². The average molecular weight is 444 g/mol. The molecule has 2 saturated heterocycles. The first kappa shape index (κ1) is 19.3. The molecule has 134 valence electrons. The van der Waals surface area contributed by atoms with E-state index in [2.05, 4.69) is 58.2 Å². The molecule has 0 aliphatic carbocycles. The van der Waals surface area contributed by atoms with E-state index >= 15 is 0 Å². The number of nitrogens with zero attached hydrogens (tertiary/aromatic N) is 3. The molecule has 0 amide bonds. The fourth-order valence-corrected chi connectivity index (χ4v) is 3.18. The van der Waals surface area contributed by atoms with Gasteiger partial charge in [0.05, 0.1) is 13.2 Å². The van der Waals surface area contributed by atoms with Crippen LogP contribution in [0.2, 0.25) is 0 Å². The second-order valence-corrected chi connectivity index (χ2v) is 7.02. The molecule has 0 spiro atoms. The van der Waals surface area contributed by atoms with Crippen LogP contribution in [-0.2, 0) is 4.74 Å². The molecule has 1 N–H and O–H groups in total. The molecule has 0 radical (unpaired) electrons. The third-order valence-corrected chi connectivity index (χ3v) is 4.73. The van der Waals surface area contributed by atoms with Gasteiger partial charge < -0.3 is 19.9 Å². The third kappa shape index (κ3) is 4.53. The lowest BCUT2D eigenvalue weighted by Crippen LogP contribution is -2.56. The molecule has 5 nitrogen and oxygen atoms in total. The highest BCUT2D eigenvalue weighted by Gasteiger charge is 2.33. The Morgan fingerprint density at radius 2 is 1.96 bits per heavy atom. The first-order valence-corrected chi connectivity index (χ1v) is 8.45. The van der Waals surface area contributed by atoms with Crippen molar-refractivity contribution in [2.75, 3.05) is 57.9 Å². The Bertz CT molecular complexity index is 566. The van der Waals surface area contributed by atoms with Crippen LogP contribution in [0.4, 0.5) is 5.69 Å². The number of ether oxygens (including phenoxy) is 1. The molecular weight excluding hydrogens is 415 g/mol. The minimum atomic E-state index is 0. The molecule has 0 aromatic heterocycles. The standard InChI is InChI=1S/C18H28N4O.HI/c1-15-5-4-6-16(11-15)21-7-9-22(10-8-21)17(19-3)20-12-18(2)13-23-14-18;/h4-6,11H,7-10,12-14H2,1-3H3,(H,19,20);1H. The molecule has 0 bridgehead atoms. The normalized spacial score (nSPS) is 20.2. The van der Waals surface area contributed by atoms with Crippen LogP contribution in [0.25, 0.3) is 0 Å². The predicted octanol–water partition coefficient (Wildman–Crippen LogP) is 2.35. The molecule has 1 aromatic carbocycles. The van der Waals surface area contributed by atoms with Crippen LogP contribution in [-0.4, -0.2) is 63.8 Å². The van der Waals surface area contributed by atoms with Crippen molar-refractivity contribution in [3.63, 3.8) is 0 Å². The van der Waals surface area contributed by atoms with Crippen molar-refractivity contribution in [1.82, 2.24) is 10.2 Å². The van der Waals surface area contributed by atoms with Crippen LogP contribution in [0.5, 0.6) is 0 Å². The van der Waals surface area contributed by atoms with Gasteiger partial charge in [-0.15, -0.1) is 24.0 Å². The fraction of sp³-hybridized carbons (Fsp3) is 0.611. The number of hydrogen-bond acceptors (Lipinski definition) is 3. The minimum absolute atomic E-state index is 0. The summed E-state index contributed by atoms with van der Waals surface area (Å²) in [6.45, 7) is 11.1. The summed E-state index contributed by atoms with van der Waals surface area (Å²) < 4.78 is 5.32. The summed E-state index contributed by atoms with van der Waals surface area (Å²) in [5.41, 5.74) is 2.91. The zero-order chi connectivity index (χ0) is 16.3. The van der Waals surface area contributed by atoms with Gasteiger partial charge in [-0.1, -0.05) is 19.1 Å². The summed E-state index contributed by atoms with van der Waals surface area (Å²) in [5.74, 6) is 1.02. The largest absolute Gasteiger partial charge is 0.380 e. The molecule has 3 rings (SSSR count). The second kappa shape index (κ2) is 8.38. The molecule has 2 aliphatic rings. The maximum atomic E-state index is 5.32. The average Bonchev–Trinajstić information content (AvgIpc) is 2.54. The van der Waals surface area contributed by atoms with E-state index in [-0.39, 0.29) is 29.4 Å². The quantitative estimate of drug-likeness (QED) is 0.442. The first-order chi connectivity index (χ1) is 11.1. The molecule has 0 atom stereocenters. The predicted molar refractivity (Wildman–Crippen MR) is 111 cm³/mol. The highest BCUT2D eigenvalue weighted by atomic mass is 127. The number of hydrogen-bond donors (Lipinski definition) is 1. The van der Waals surface area contributed by atoms with Gasteiger partial charge in [-0.05, 0) is 24.6 Å². The van der Waals surface area contributed by atoms with Gasteiger partial charge in [0.15, 0.2) is 5.96 Å². The summed E-state index contributed by atoms with van der Waals surface area (Å²) in [5, 5.41) is 3.52. The van der Waals surface area contributed by atoms with Crippen molar-refractivity contribution in [2.45, 2.75) is 13.8 Å². The number of guanidine groups is 1. The lowest BCUT2D eigenvalue weighted by atomic mass is 9.89. The Balaban J connectivity index is 0.00000208. The Kier molecular flexibility index (Phi) is 6.74. The number of benzene rings is 1. The Morgan fingerprint density at radius 3 is 2.50 bits per heavy atom. The smallest absolute Gasteiger partial charge is 0.193 e. The van der Waals surface area contributed by atoms with Crippen LogP contribution in [0.1, 0.15) is 12.5 Å². The van der Waals surface area contributed by atoms with Gasteiger partial charge in [-0.3, -0.25) is 4.99 Å². The fourth-order valence-electron chi connectivity index (χ4n) is 3.18. The van der Waals surface area contributed by atoms with Crippen molar-refractivity contribution in [1.29, 1.82) is 0 Å². The van der Waals surface area contributed by atoms with Crippen LogP contribution < -0.4 is 10.2 Å². The topological polar surface area (TPSA) is 40.1 Å². The molecule has 24 heavy (non-hydrogen) atoms. The minimum Gasteiger partial charge on any atom is -0.380 e. The van der Waals surface area contributed by atoms with Gasteiger partial charge in [0.25, 0.3) is 0 Å². The summed E-state index contributed by atoms with van der Waals surface area (Å²) in [7, 11) is 1.87. The van der Waals surface area contributed by atoms with E-state index in [4.69, 9.17) is 4.74 Å². The number of anilines is 1. The van der Waals surface area contributed by atoms with Crippen molar-refractivity contribution in [3.05, 3.63) is 29.8 Å². The molecule has 2 heterocycles. The van der Waals surface area contributed by atoms with E-state index in [1.54, 1.807) is 0 Å². The third-order valence-electron chi connectivity index (χ3n) is 4.73. The van der Waals surface area contributed by atoms with Gasteiger partial charge in [0.2, 0.25) is 0 Å². The number of halogens is 1. The first-order valence-electron chi connectivity index (χ1n) is 8.45. The van der Waals surface area contributed by atoms with Gasteiger partial charge in [-0.25, -0.2) is 0 Å². The zero-order valence-corrected chi connectivity index (χ0v) is 17.2. The Labute approximate surface area is 162 Å². The number of nitrogens with one attached hydrogen (secondary N) is 1. The molecule has 0 saturated carbocycles. The number of piperazine rings is 1. The van der Waals surface area contributed by atoms with Crippen molar-refractivity contribution in [3.8, 4) is 0 Å². The lowest BCUT2D eigenvalue weighted by molar-refractivity contribution is -0.0972. The van der Waals surface area contributed by atoms with Crippen molar-refractivity contribution >= 4 is 35.6 Å². The molecule has 0 unspecified atom stereocenters. The second-order valence-electron chi connectivity index (χ2n) is 7.02. The maximum absolute atomic E-state index is 5.32. The maximum Gasteiger partial charge on any atom is 0.193 e. The van der Waals surface area contributed by atoms with E-state index in [1.165, 1.54) is 11.3 Å². The SMILES string of the molecule is CN=C(NCC1(C)COC1)N1CCN(c2cccc(C)c2)CC1.I. The zero-order valence-electron chi connectivity index (χ0n) is 14.9. The molecule has 6 heteroatoms. The lowest BCUT2D eigenvalue weighted by Gasteiger charge is -2.41. The van der Waals surface area contributed by atoms with E-state index in [0.29, 0.717) is 0 Å². The van der Waals surface area contributed by atoms with E-state index in [9.17, 15) is 0 Å². The van der Waals surface area contributed by atoms with Crippen LogP contribution in [0.3, 0.4) is 0 Å². The van der Waals surface area contributed by atoms with Crippen LogP contribution >= 0.6 is 24.0 Å². The van der Waals surface area contributed by atoms with E-state index in [1.807, 2.05) is 7.05 Å². The molecular formula is C18H29IN4O. The van der Waals surface area contributed by atoms with Gasteiger partial charge >= 0.3 is 0 Å². The van der Waals surface area contributed by atoms with Crippen LogP contribution in [0.15, 0.2) is 29.3 Å². The summed E-state index contributed by atoms with van der Waals surface area (Å²) in [4.78, 5) is 9.27. The molecule has 2 aliphatic heterocycles. The number of aryl methyl sites for hydroxylation is 1. The van der Waals surface area contributed by atoms with Crippen molar-refractivity contribution in [2.24, 2.45) is 10.4 Å². The number of aliphatic imine (C=N–C) groups is 1. The van der Waals surface area contributed by atoms with E-state index in [0.717, 1.165) is 51.9 Å². The number of rotatable bonds is 3. The summed E-state index contributed by atoms with van der Waals surface area (Å²) in [6.07, 6.45) is 0. The summed E-state index contributed by atoms with van der Waals surface area (Å²) >= 11 is 0. The van der Waals surface area contributed by atoms with Gasteiger partial charge in [-0.2, -0.15) is 0 Å².